The van der Waals surface area contributed by atoms with Crippen LogP contribution < -0.4 is 5.32 Å². The molecule has 120 valence electrons. The summed E-state index contributed by atoms with van der Waals surface area (Å²) < 4.78 is 15.0. The Hall–Kier alpha value is -2.17. The van der Waals surface area contributed by atoms with Gasteiger partial charge in [-0.25, -0.2) is 9.07 Å². The van der Waals surface area contributed by atoms with Crippen LogP contribution in [0.3, 0.4) is 0 Å². The van der Waals surface area contributed by atoms with Crippen LogP contribution in [0.15, 0.2) is 30.5 Å². The third-order valence-corrected chi connectivity index (χ3v) is 5.05. The molecular weight excluding hydrogens is 293 g/mol. The van der Waals surface area contributed by atoms with E-state index in [1.807, 2.05) is 10.9 Å². The molecule has 0 spiro atoms. The van der Waals surface area contributed by atoms with Gasteiger partial charge in [-0.1, -0.05) is 6.42 Å². The van der Waals surface area contributed by atoms with Gasteiger partial charge in [-0.3, -0.25) is 4.79 Å². The SMILES string of the molecule is O=C(N[C@@H]1CCCc2c1cnn2-c1ccc(F)cc1)C1CCC1. The van der Waals surface area contributed by atoms with Gasteiger partial charge in [-0.2, -0.15) is 5.10 Å². The van der Waals surface area contributed by atoms with Crippen molar-refractivity contribution in [2.75, 3.05) is 0 Å². The van der Waals surface area contributed by atoms with Crippen LogP contribution >= 0.6 is 0 Å². The monoisotopic (exact) mass is 313 g/mol. The molecule has 1 heterocycles. The van der Waals surface area contributed by atoms with Crippen LogP contribution in [0, 0.1) is 11.7 Å². The van der Waals surface area contributed by atoms with Crippen molar-refractivity contribution in [3.8, 4) is 5.69 Å². The van der Waals surface area contributed by atoms with E-state index in [-0.39, 0.29) is 23.7 Å². The lowest BCUT2D eigenvalue weighted by molar-refractivity contribution is -0.128. The van der Waals surface area contributed by atoms with Gasteiger partial charge >= 0.3 is 0 Å². The van der Waals surface area contributed by atoms with Crippen molar-refractivity contribution in [3.63, 3.8) is 0 Å². The average molecular weight is 313 g/mol. The second-order valence-corrected chi connectivity index (χ2v) is 6.52. The number of nitrogens with zero attached hydrogens (tertiary/aromatic N) is 2. The first kappa shape index (κ1) is 14.4. The predicted octanol–water partition coefficient (Wildman–Crippen LogP) is 3.31. The lowest BCUT2D eigenvalue weighted by atomic mass is 9.84. The Balaban J connectivity index is 1.59. The highest BCUT2D eigenvalue weighted by Crippen LogP contribution is 2.33. The molecule has 4 nitrogen and oxygen atoms in total. The summed E-state index contributed by atoms with van der Waals surface area (Å²) in [4.78, 5) is 12.2. The van der Waals surface area contributed by atoms with Gasteiger partial charge in [0.05, 0.1) is 17.9 Å². The molecule has 1 aromatic heterocycles. The number of amides is 1. The van der Waals surface area contributed by atoms with Crippen LogP contribution in [-0.2, 0) is 11.2 Å². The maximum atomic E-state index is 13.1. The molecule has 4 rings (SSSR count). The van der Waals surface area contributed by atoms with E-state index >= 15 is 0 Å². The molecule has 5 heteroatoms. The zero-order valence-corrected chi connectivity index (χ0v) is 13.0. The zero-order chi connectivity index (χ0) is 15.8. The van der Waals surface area contributed by atoms with E-state index in [0.717, 1.165) is 55.5 Å². The van der Waals surface area contributed by atoms with Gasteiger partial charge < -0.3 is 5.32 Å². The van der Waals surface area contributed by atoms with E-state index in [0.29, 0.717) is 0 Å². The third-order valence-electron chi connectivity index (χ3n) is 5.05. The number of carbonyl (C=O) groups is 1. The van der Waals surface area contributed by atoms with Crippen molar-refractivity contribution in [2.45, 2.75) is 44.6 Å². The molecule has 1 N–H and O–H groups in total. The van der Waals surface area contributed by atoms with E-state index in [9.17, 15) is 9.18 Å². The van der Waals surface area contributed by atoms with Crippen molar-refractivity contribution in [1.82, 2.24) is 15.1 Å². The minimum absolute atomic E-state index is 0.0565. The van der Waals surface area contributed by atoms with Gasteiger partial charge in [0.15, 0.2) is 0 Å². The molecule has 0 aliphatic heterocycles. The summed E-state index contributed by atoms with van der Waals surface area (Å²) in [6.45, 7) is 0. The van der Waals surface area contributed by atoms with E-state index < -0.39 is 0 Å². The Bertz CT molecular complexity index is 718. The first-order chi connectivity index (χ1) is 11.2. The van der Waals surface area contributed by atoms with Gasteiger partial charge in [0.1, 0.15) is 5.82 Å². The smallest absolute Gasteiger partial charge is 0.223 e. The molecule has 2 aliphatic rings. The van der Waals surface area contributed by atoms with Crippen molar-refractivity contribution in [2.24, 2.45) is 5.92 Å². The highest BCUT2D eigenvalue weighted by atomic mass is 19.1. The van der Waals surface area contributed by atoms with Crippen molar-refractivity contribution >= 4 is 5.91 Å². The molecule has 1 amide bonds. The van der Waals surface area contributed by atoms with Gasteiger partial charge in [0, 0.05) is 17.2 Å². The highest BCUT2D eigenvalue weighted by molar-refractivity contribution is 5.79. The molecule has 0 saturated heterocycles. The first-order valence-electron chi connectivity index (χ1n) is 8.35. The second-order valence-electron chi connectivity index (χ2n) is 6.52. The topological polar surface area (TPSA) is 46.9 Å². The summed E-state index contributed by atoms with van der Waals surface area (Å²) >= 11 is 0. The van der Waals surface area contributed by atoms with Crippen LogP contribution in [-0.4, -0.2) is 15.7 Å². The average Bonchev–Trinajstić information content (AvgIpc) is 2.91. The van der Waals surface area contributed by atoms with Crippen LogP contribution in [0.1, 0.15) is 49.4 Å². The van der Waals surface area contributed by atoms with E-state index in [1.54, 1.807) is 12.1 Å². The number of nitrogens with one attached hydrogen (secondary N) is 1. The number of hydrogen-bond acceptors (Lipinski definition) is 2. The normalized spacial score (nSPS) is 20.7. The Kier molecular flexibility index (Phi) is 3.63. The van der Waals surface area contributed by atoms with Crippen LogP contribution in [0.5, 0.6) is 0 Å². The summed E-state index contributed by atoms with van der Waals surface area (Å²) in [5.41, 5.74) is 3.09. The molecule has 0 unspecified atom stereocenters. The minimum Gasteiger partial charge on any atom is -0.349 e. The highest BCUT2D eigenvalue weighted by Gasteiger charge is 2.30. The predicted molar refractivity (Wildman–Crippen MR) is 84.7 cm³/mol. The van der Waals surface area contributed by atoms with Crippen LogP contribution in [0.25, 0.3) is 5.69 Å². The standard InChI is InChI=1S/C18H20FN3O/c19-13-7-9-14(10-8-13)22-17-6-2-5-16(15(17)11-20-22)21-18(23)12-3-1-4-12/h7-12,16H,1-6H2,(H,21,23)/t16-/m1/s1. The quantitative estimate of drug-likeness (QED) is 0.945. The minimum atomic E-state index is -0.250. The largest absolute Gasteiger partial charge is 0.349 e. The molecule has 1 atom stereocenters. The Morgan fingerprint density at radius 3 is 2.65 bits per heavy atom. The number of rotatable bonds is 3. The van der Waals surface area contributed by atoms with Gasteiger partial charge in [-0.15, -0.1) is 0 Å². The number of benzene rings is 1. The summed E-state index contributed by atoms with van der Waals surface area (Å²) in [5, 5.41) is 7.68. The number of carbonyl (C=O) groups excluding carboxylic acids is 1. The lowest BCUT2D eigenvalue weighted by Gasteiger charge is -2.29. The molecular formula is C18H20FN3O. The fourth-order valence-corrected chi connectivity index (χ4v) is 3.47. The summed E-state index contributed by atoms with van der Waals surface area (Å²) in [5.74, 6) is 0.136. The van der Waals surface area contributed by atoms with Crippen molar-refractivity contribution in [1.29, 1.82) is 0 Å². The Morgan fingerprint density at radius 1 is 1.17 bits per heavy atom. The maximum Gasteiger partial charge on any atom is 0.223 e. The first-order valence-corrected chi connectivity index (χ1v) is 8.35. The molecule has 0 radical (unpaired) electrons. The summed E-state index contributed by atoms with van der Waals surface area (Å²) in [6.07, 6.45) is 7.96. The number of halogens is 1. The number of hydrogen-bond donors (Lipinski definition) is 1. The van der Waals surface area contributed by atoms with Crippen LogP contribution in [0.4, 0.5) is 4.39 Å². The molecule has 23 heavy (non-hydrogen) atoms. The summed E-state index contributed by atoms with van der Waals surface area (Å²) in [6, 6.07) is 6.42. The number of fused-ring (bicyclic) bond motifs is 1. The fraction of sp³-hybridized carbons (Fsp3) is 0.444. The molecule has 1 fully saturated rings. The van der Waals surface area contributed by atoms with E-state index in [1.165, 1.54) is 12.1 Å². The van der Waals surface area contributed by atoms with Gasteiger partial charge in [0.2, 0.25) is 5.91 Å². The molecule has 1 saturated carbocycles. The number of aromatic nitrogens is 2. The molecule has 0 bridgehead atoms. The fourth-order valence-electron chi connectivity index (χ4n) is 3.47. The van der Waals surface area contributed by atoms with Crippen molar-refractivity contribution in [3.05, 3.63) is 47.5 Å². The Labute approximate surface area is 134 Å². The Morgan fingerprint density at radius 2 is 1.96 bits per heavy atom. The maximum absolute atomic E-state index is 13.1. The molecule has 1 aromatic carbocycles. The summed E-state index contributed by atoms with van der Waals surface area (Å²) in [7, 11) is 0. The van der Waals surface area contributed by atoms with Gasteiger partial charge in [-0.05, 0) is 56.4 Å². The second kappa shape index (κ2) is 5.80. The van der Waals surface area contributed by atoms with Crippen molar-refractivity contribution < 1.29 is 9.18 Å². The molecule has 2 aromatic rings. The van der Waals surface area contributed by atoms with Crippen LogP contribution in [0.2, 0.25) is 0 Å². The molecule has 2 aliphatic carbocycles. The third kappa shape index (κ3) is 2.64. The zero-order valence-electron chi connectivity index (χ0n) is 13.0. The lowest BCUT2D eigenvalue weighted by Crippen LogP contribution is -2.38. The van der Waals surface area contributed by atoms with Gasteiger partial charge in [0.25, 0.3) is 0 Å². The van der Waals surface area contributed by atoms with E-state index in [4.69, 9.17) is 0 Å². The van der Waals surface area contributed by atoms with E-state index in [2.05, 4.69) is 10.4 Å².